The molecule has 1 heterocycles. The van der Waals surface area contributed by atoms with Gasteiger partial charge < -0.3 is 14.2 Å². The van der Waals surface area contributed by atoms with Crippen LogP contribution in [0.25, 0.3) is 0 Å². The highest BCUT2D eigenvalue weighted by molar-refractivity contribution is 7.92. The number of pyridine rings is 1. The first-order valence-electron chi connectivity index (χ1n) is 7.29. The van der Waals surface area contributed by atoms with Gasteiger partial charge in [-0.3, -0.25) is 4.72 Å². The minimum atomic E-state index is -4.01. The van der Waals surface area contributed by atoms with Gasteiger partial charge in [0.1, 0.15) is 22.2 Å². The number of benzene rings is 1. The molecule has 1 N–H and O–H groups in total. The quantitative estimate of drug-likeness (QED) is 0.748. The van der Waals surface area contributed by atoms with Gasteiger partial charge in [0.15, 0.2) is 0 Å². The van der Waals surface area contributed by atoms with E-state index in [4.69, 9.17) is 14.2 Å². The first-order chi connectivity index (χ1) is 11.9. The van der Waals surface area contributed by atoms with Gasteiger partial charge in [0.05, 0.1) is 26.4 Å². The zero-order valence-corrected chi connectivity index (χ0v) is 14.8. The lowest BCUT2D eigenvalue weighted by molar-refractivity contribution is 0.0526. The fourth-order valence-corrected chi connectivity index (χ4v) is 3.20. The number of nitrogens with zero attached hydrogens (tertiary/aromatic N) is 1. The van der Waals surface area contributed by atoms with Gasteiger partial charge >= 0.3 is 5.97 Å². The second-order valence-corrected chi connectivity index (χ2v) is 6.42. The van der Waals surface area contributed by atoms with E-state index in [0.29, 0.717) is 5.75 Å². The minimum absolute atomic E-state index is 0.0181. The number of carbonyl (C=O) groups is 1. The lowest BCUT2D eigenvalue weighted by atomic mass is 10.3. The van der Waals surface area contributed by atoms with Crippen molar-refractivity contribution in [1.82, 2.24) is 4.98 Å². The summed E-state index contributed by atoms with van der Waals surface area (Å²) in [7, 11) is -1.22. The Morgan fingerprint density at radius 3 is 2.56 bits per heavy atom. The maximum atomic E-state index is 12.7. The Morgan fingerprint density at radius 2 is 1.92 bits per heavy atom. The predicted octanol–water partition coefficient (Wildman–Crippen LogP) is 2.08. The average Bonchev–Trinajstić information content (AvgIpc) is 2.61. The van der Waals surface area contributed by atoms with Crippen LogP contribution in [0.5, 0.6) is 11.5 Å². The van der Waals surface area contributed by atoms with Crippen molar-refractivity contribution >= 4 is 21.8 Å². The lowest BCUT2D eigenvalue weighted by Crippen LogP contribution is -2.16. The third-order valence-corrected chi connectivity index (χ3v) is 4.55. The summed E-state index contributed by atoms with van der Waals surface area (Å²) in [6.45, 7) is 1.89. The first kappa shape index (κ1) is 18.5. The predicted molar refractivity (Wildman–Crippen MR) is 90.5 cm³/mol. The molecule has 0 aliphatic carbocycles. The molecular formula is C16H18N2O6S. The van der Waals surface area contributed by atoms with Crippen molar-refractivity contribution in [2.24, 2.45) is 0 Å². The Kier molecular flexibility index (Phi) is 5.81. The number of ether oxygens (including phenoxy) is 3. The van der Waals surface area contributed by atoms with E-state index in [1.807, 2.05) is 0 Å². The normalized spacial score (nSPS) is 10.8. The van der Waals surface area contributed by atoms with E-state index in [0.717, 1.165) is 0 Å². The van der Waals surface area contributed by atoms with Crippen LogP contribution in [0.15, 0.2) is 41.4 Å². The van der Waals surface area contributed by atoms with Crippen LogP contribution in [0.4, 0.5) is 5.82 Å². The van der Waals surface area contributed by atoms with Crippen LogP contribution in [0.3, 0.4) is 0 Å². The van der Waals surface area contributed by atoms with E-state index < -0.39 is 16.0 Å². The molecule has 2 rings (SSSR count). The topological polar surface area (TPSA) is 104 Å². The highest BCUT2D eigenvalue weighted by Crippen LogP contribution is 2.29. The van der Waals surface area contributed by atoms with E-state index in [1.54, 1.807) is 13.0 Å². The summed E-state index contributed by atoms with van der Waals surface area (Å²) in [6, 6.07) is 7.12. The lowest BCUT2D eigenvalue weighted by Gasteiger charge is -2.12. The molecule has 0 amide bonds. The van der Waals surface area contributed by atoms with E-state index >= 15 is 0 Å². The van der Waals surface area contributed by atoms with Crippen molar-refractivity contribution in [3.63, 3.8) is 0 Å². The first-order valence-corrected chi connectivity index (χ1v) is 8.77. The second kappa shape index (κ2) is 7.84. The van der Waals surface area contributed by atoms with Crippen LogP contribution in [-0.2, 0) is 14.8 Å². The molecule has 9 heteroatoms. The molecule has 0 spiro atoms. The molecular weight excluding hydrogens is 348 g/mol. The molecule has 0 saturated heterocycles. The van der Waals surface area contributed by atoms with Crippen LogP contribution < -0.4 is 14.2 Å². The number of methoxy groups -OCH3 is 2. The second-order valence-electron chi connectivity index (χ2n) is 4.77. The molecule has 0 unspecified atom stereocenters. The Balaban J connectivity index is 2.36. The summed E-state index contributed by atoms with van der Waals surface area (Å²) in [5.74, 6) is -0.0796. The Hall–Kier alpha value is -2.81. The summed E-state index contributed by atoms with van der Waals surface area (Å²) in [5, 5.41) is 0. The highest BCUT2D eigenvalue weighted by Gasteiger charge is 2.22. The molecule has 25 heavy (non-hydrogen) atoms. The highest BCUT2D eigenvalue weighted by atomic mass is 32.2. The van der Waals surface area contributed by atoms with Gasteiger partial charge in [0, 0.05) is 12.3 Å². The molecule has 1 aromatic carbocycles. The van der Waals surface area contributed by atoms with Gasteiger partial charge in [0.25, 0.3) is 10.0 Å². The summed E-state index contributed by atoms with van der Waals surface area (Å²) in [6.07, 6.45) is 1.31. The molecule has 1 aromatic heterocycles. The molecule has 0 radical (unpaired) electrons. The van der Waals surface area contributed by atoms with Crippen LogP contribution in [-0.4, -0.2) is 40.2 Å². The summed E-state index contributed by atoms with van der Waals surface area (Å²) in [5.41, 5.74) is 0.187. The molecule has 0 aliphatic rings. The summed E-state index contributed by atoms with van der Waals surface area (Å²) >= 11 is 0. The molecule has 0 fully saturated rings. The molecule has 0 atom stereocenters. The van der Waals surface area contributed by atoms with Crippen molar-refractivity contribution < 1.29 is 27.4 Å². The van der Waals surface area contributed by atoms with Gasteiger partial charge in [-0.2, -0.15) is 0 Å². The van der Waals surface area contributed by atoms with E-state index in [2.05, 4.69) is 9.71 Å². The van der Waals surface area contributed by atoms with Gasteiger partial charge in [-0.15, -0.1) is 0 Å². The van der Waals surface area contributed by atoms with Crippen LogP contribution in [0, 0.1) is 0 Å². The van der Waals surface area contributed by atoms with E-state index in [-0.39, 0.29) is 28.6 Å². The Bertz CT molecular complexity index is 867. The van der Waals surface area contributed by atoms with Crippen molar-refractivity contribution in [1.29, 1.82) is 0 Å². The minimum Gasteiger partial charge on any atom is -0.497 e. The fourth-order valence-electron chi connectivity index (χ4n) is 2.01. The third kappa shape index (κ3) is 4.38. The number of rotatable bonds is 7. The zero-order chi connectivity index (χ0) is 18.4. The zero-order valence-electron chi connectivity index (χ0n) is 14.0. The Morgan fingerprint density at radius 1 is 1.16 bits per heavy atom. The molecule has 2 aromatic rings. The van der Waals surface area contributed by atoms with Gasteiger partial charge in [-0.05, 0) is 31.2 Å². The molecule has 134 valence electrons. The fraction of sp³-hybridized carbons (Fsp3) is 0.250. The summed E-state index contributed by atoms with van der Waals surface area (Å²) in [4.78, 5) is 15.6. The van der Waals surface area contributed by atoms with Crippen molar-refractivity contribution in [3.8, 4) is 11.5 Å². The standard InChI is InChI=1S/C16H18N2O6S/c1-4-24-16(19)11-7-8-17-15(9-11)18-25(20,21)14-10-12(22-2)5-6-13(14)23-3/h5-10H,4H2,1-3H3,(H,17,18). The van der Waals surface area contributed by atoms with Gasteiger partial charge in [-0.25, -0.2) is 18.2 Å². The maximum Gasteiger partial charge on any atom is 0.338 e. The molecule has 0 aliphatic heterocycles. The number of nitrogens with one attached hydrogen (secondary N) is 1. The number of sulfonamides is 1. The third-order valence-electron chi connectivity index (χ3n) is 3.17. The van der Waals surface area contributed by atoms with Crippen LogP contribution in [0.2, 0.25) is 0 Å². The number of aromatic nitrogens is 1. The molecule has 8 nitrogen and oxygen atoms in total. The number of hydrogen-bond donors (Lipinski definition) is 1. The van der Waals surface area contributed by atoms with Crippen molar-refractivity contribution in [3.05, 3.63) is 42.1 Å². The van der Waals surface area contributed by atoms with Crippen LogP contribution in [0.1, 0.15) is 17.3 Å². The van der Waals surface area contributed by atoms with E-state index in [1.165, 1.54) is 44.7 Å². The molecule has 0 bridgehead atoms. The maximum absolute atomic E-state index is 12.7. The van der Waals surface area contributed by atoms with Gasteiger partial charge in [0.2, 0.25) is 0 Å². The van der Waals surface area contributed by atoms with Crippen molar-refractivity contribution in [2.75, 3.05) is 25.5 Å². The Labute approximate surface area is 145 Å². The smallest absolute Gasteiger partial charge is 0.338 e. The number of hydrogen-bond acceptors (Lipinski definition) is 7. The average molecular weight is 366 g/mol. The largest absolute Gasteiger partial charge is 0.497 e. The van der Waals surface area contributed by atoms with Gasteiger partial charge in [-0.1, -0.05) is 0 Å². The monoisotopic (exact) mass is 366 g/mol. The SMILES string of the molecule is CCOC(=O)c1ccnc(NS(=O)(=O)c2cc(OC)ccc2OC)c1. The number of carbonyl (C=O) groups excluding carboxylic acids is 1. The van der Waals surface area contributed by atoms with Crippen molar-refractivity contribution in [2.45, 2.75) is 11.8 Å². The number of anilines is 1. The van der Waals surface area contributed by atoms with E-state index in [9.17, 15) is 13.2 Å². The van der Waals surface area contributed by atoms with Crippen LogP contribution >= 0.6 is 0 Å². The number of esters is 1. The molecule has 0 saturated carbocycles. The summed E-state index contributed by atoms with van der Waals surface area (Å²) < 4.78 is 42.7.